The number of rotatable bonds is 13. The van der Waals surface area contributed by atoms with Gasteiger partial charge in [-0.2, -0.15) is 0 Å². The molecule has 0 aliphatic heterocycles. The molecule has 0 aromatic heterocycles. The van der Waals surface area contributed by atoms with Crippen molar-refractivity contribution in [3.63, 3.8) is 0 Å². The molecule has 0 aliphatic carbocycles. The SMILES string of the molecule is COP(OCC(C)COC(C)OCc1cc(Cl)cc(Cl)c1)N(C(C)C)C(C)C. The zero-order chi connectivity index (χ0) is 21.3. The summed E-state index contributed by atoms with van der Waals surface area (Å²) in [5.41, 5.74) is 0.914. The Morgan fingerprint density at radius 1 is 0.893 bits per heavy atom. The Morgan fingerprint density at radius 3 is 1.96 bits per heavy atom. The Hall–Kier alpha value is 0.0300. The minimum absolute atomic E-state index is 0.216. The van der Waals surface area contributed by atoms with Crippen molar-refractivity contribution in [2.24, 2.45) is 5.92 Å². The first-order valence-corrected chi connectivity index (χ1v) is 11.5. The van der Waals surface area contributed by atoms with Crippen LogP contribution in [0.5, 0.6) is 0 Å². The van der Waals surface area contributed by atoms with E-state index in [-0.39, 0.29) is 12.2 Å². The summed E-state index contributed by atoms with van der Waals surface area (Å²) in [5.74, 6) is 0.216. The molecule has 0 saturated heterocycles. The van der Waals surface area contributed by atoms with Crippen molar-refractivity contribution in [2.45, 2.75) is 66.5 Å². The number of benzene rings is 1. The van der Waals surface area contributed by atoms with Crippen LogP contribution in [0.1, 0.15) is 47.1 Å². The van der Waals surface area contributed by atoms with Gasteiger partial charge in [0.1, 0.15) is 0 Å². The highest BCUT2D eigenvalue weighted by molar-refractivity contribution is 7.44. The molecule has 0 spiro atoms. The standard InChI is InChI=1S/C20H34Cl2NO4P/c1-14(2)23(15(3)4)28(24-7)27-12-16(5)11-25-17(6)26-13-18-8-19(21)10-20(22)9-18/h8-10,14-17H,11-13H2,1-7H3. The van der Waals surface area contributed by atoms with Crippen LogP contribution in [-0.4, -0.2) is 43.4 Å². The van der Waals surface area contributed by atoms with Crippen molar-refractivity contribution in [3.05, 3.63) is 33.8 Å². The molecule has 3 atom stereocenters. The molecule has 0 saturated carbocycles. The number of ether oxygens (including phenoxy) is 2. The Morgan fingerprint density at radius 2 is 1.46 bits per heavy atom. The lowest BCUT2D eigenvalue weighted by Gasteiger charge is -2.35. The highest BCUT2D eigenvalue weighted by Crippen LogP contribution is 2.45. The summed E-state index contributed by atoms with van der Waals surface area (Å²) in [6.07, 6.45) is -0.341. The van der Waals surface area contributed by atoms with E-state index in [0.29, 0.717) is 41.9 Å². The number of halogens is 2. The van der Waals surface area contributed by atoms with E-state index < -0.39 is 8.53 Å². The summed E-state index contributed by atoms with van der Waals surface area (Å²) >= 11 is 12.0. The van der Waals surface area contributed by atoms with Gasteiger partial charge in [0.2, 0.25) is 0 Å². The number of hydrogen-bond donors (Lipinski definition) is 0. The molecule has 5 nitrogen and oxygen atoms in total. The van der Waals surface area contributed by atoms with Gasteiger partial charge in [0.05, 0.1) is 19.8 Å². The molecule has 0 heterocycles. The van der Waals surface area contributed by atoms with E-state index in [2.05, 4.69) is 39.3 Å². The van der Waals surface area contributed by atoms with Crippen LogP contribution >= 0.6 is 31.7 Å². The van der Waals surface area contributed by atoms with Crippen molar-refractivity contribution in [1.82, 2.24) is 4.67 Å². The molecule has 0 radical (unpaired) electrons. The van der Waals surface area contributed by atoms with Crippen molar-refractivity contribution in [1.29, 1.82) is 0 Å². The third kappa shape index (κ3) is 9.69. The molecule has 1 rings (SSSR count). The molecular formula is C20H34Cl2NO4P. The van der Waals surface area contributed by atoms with Crippen molar-refractivity contribution in [3.8, 4) is 0 Å². The Kier molecular flexibility index (Phi) is 12.4. The lowest BCUT2D eigenvalue weighted by molar-refractivity contribution is -0.146. The monoisotopic (exact) mass is 453 g/mol. The topological polar surface area (TPSA) is 40.2 Å². The maximum Gasteiger partial charge on any atom is 0.258 e. The zero-order valence-electron chi connectivity index (χ0n) is 17.9. The lowest BCUT2D eigenvalue weighted by Crippen LogP contribution is -2.33. The Balaban J connectivity index is 2.37. The van der Waals surface area contributed by atoms with Crippen molar-refractivity contribution >= 4 is 31.7 Å². The van der Waals surface area contributed by atoms with Crippen LogP contribution in [0.3, 0.4) is 0 Å². The van der Waals surface area contributed by atoms with Gasteiger partial charge in [-0.25, -0.2) is 4.67 Å². The third-order valence-corrected chi connectivity index (χ3v) is 6.31. The molecule has 3 unspecified atom stereocenters. The summed E-state index contributed by atoms with van der Waals surface area (Å²) in [4.78, 5) is 0. The van der Waals surface area contributed by atoms with E-state index in [4.69, 9.17) is 41.7 Å². The van der Waals surface area contributed by atoms with Crippen LogP contribution in [0.25, 0.3) is 0 Å². The minimum atomic E-state index is -1.08. The molecule has 0 bridgehead atoms. The van der Waals surface area contributed by atoms with Crippen LogP contribution < -0.4 is 0 Å². The van der Waals surface area contributed by atoms with E-state index in [1.54, 1.807) is 13.2 Å². The van der Waals surface area contributed by atoms with Gasteiger partial charge in [-0.15, -0.1) is 0 Å². The average Bonchev–Trinajstić information content (AvgIpc) is 2.59. The highest BCUT2D eigenvalue weighted by atomic mass is 35.5. The molecule has 28 heavy (non-hydrogen) atoms. The minimum Gasteiger partial charge on any atom is -0.353 e. The molecule has 0 fully saturated rings. The van der Waals surface area contributed by atoms with Crippen LogP contribution in [-0.2, 0) is 25.1 Å². The van der Waals surface area contributed by atoms with Gasteiger partial charge in [-0.3, -0.25) is 0 Å². The quantitative estimate of drug-likeness (QED) is 0.251. The lowest BCUT2D eigenvalue weighted by atomic mass is 10.2. The average molecular weight is 454 g/mol. The summed E-state index contributed by atoms with van der Waals surface area (Å²) in [6, 6.07) is 6.07. The molecule has 1 aromatic carbocycles. The largest absolute Gasteiger partial charge is 0.353 e. The summed E-state index contributed by atoms with van der Waals surface area (Å²) < 4.78 is 25.4. The van der Waals surface area contributed by atoms with Crippen LogP contribution in [0.2, 0.25) is 10.0 Å². The maximum atomic E-state index is 6.04. The predicted octanol–water partition coefficient (Wildman–Crippen LogP) is 6.52. The van der Waals surface area contributed by atoms with Crippen LogP contribution in [0.15, 0.2) is 18.2 Å². The van der Waals surface area contributed by atoms with E-state index in [1.807, 2.05) is 19.1 Å². The zero-order valence-corrected chi connectivity index (χ0v) is 20.4. The van der Waals surface area contributed by atoms with E-state index >= 15 is 0 Å². The molecule has 0 N–H and O–H groups in total. The summed E-state index contributed by atoms with van der Waals surface area (Å²) in [6.45, 7) is 14.0. The van der Waals surface area contributed by atoms with Gasteiger partial charge in [0, 0.05) is 35.2 Å². The predicted molar refractivity (Wildman–Crippen MR) is 118 cm³/mol. The van der Waals surface area contributed by atoms with E-state index in [9.17, 15) is 0 Å². The van der Waals surface area contributed by atoms with Crippen molar-refractivity contribution in [2.75, 3.05) is 20.3 Å². The molecule has 162 valence electrons. The molecular weight excluding hydrogens is 420 g/mol. The molecule has 0 aliphatic rings. The first kappa shape index (κ1) is 26.1. The maximum absolute atomic E-state index is 6.04. The molecule has 0 amide bonds. The molecule has 1 aromatic rings. The van der Waals surface area contributed by atoms with Gasteiger partial charge in [0.25, 0.3) is 8.53 Å². The second kappa shape index (κ2) is 13.4. The fourth-order valence-electron chi connectivity index (χ4n) is 2.68. The fraction of sp³-hybridized carbons (Fsp3) is 0.700. The van der Waals surface area contributed by atoms with E-state index in [1.165, 1.54) is 0 Å². The second-order valence-corrected chi connectivity index (χ2v) is 9.81. The fourth-order valence-corrected chi connectivity index (χ4v) is 4.82. The summed E-state index contributed by atoms with van der Waals surface area (Å²) in [5, 5.41) is 1.19. The third-order valence-electron chi connectivity index (χ3n) is 3.89. The van der Waals surface area contributed by atoms with Gasteiger partial charge >= 0.3 is 0 Å². The van der Waals surface area contributed by atoms with Gasteiger partial charge in [-0.05, 0) is 58.4 Å². The van der Waals surface area contributed by atoms with Gasteiger partial charge in [-0.1, -0.05) is 30.1 Å². The Labute approximate surface area is 181 Å². The van der Waals surface area contributed by atoms with Gasteiger partial charge in [0.15, 0.2) is 6.29 Å². The number of nitrogens with zero attached hydrogens (tertiary/aromatic N) is 1. The molecule has 8 heteroatoms. The first-order chi connectivity index (χ1) is 13.1. The normalized spacial score (nSPS) is 15.4. The van der Waals surface area contributed by atoms with Crippen LogP contribution in [0.4, 0.5) is 0 Å². The highest BCUT2D eigenvalue weighted by Gasteiger charge is 2.26. The second-order valence-electron chi connectivity index (χ2n) is 7.38. The smallest absolute Gasteiger partial charge is 0.258 e. The van der Waals surface area contributed by atoms with Gasteiger partial charge < -0.3 is 18.5 Å². The first-order valence-electron chi connectivity index (χ1n) is 9.57. The van der Waals surface area contributed by atoms with E-state index in [0.717, 1.165) is 5.56 Å². The van der Waals surface area contributed by atoms with Crippen LogP contribution in [0, 0.1) is 5.92 Å². The summed E-state index contributed by atoms with van der Waals surface area (Å²) in [7, 11) is 0.616. The Bertz CT molecular complexity index is 549. The van der Waals surface area contributed by atoms with Crippen molar-refractivity contribution < 1.29 is 18.5 Å². The number of hydrogen-bond acceptors (Lipinski definition) is 5.